The second kappa shape index (κ2) is 3.74. The number of hydrogen-bond donors (Lipinski definition) is 0. The van der Waals surface area contributed by atoms with Gasteiger partial charge in [-0.15, -0.1) is 0 Å². The van der Waals surface area contributed by atoms with Gasteiger partial charge in [0, 0.05) is 13.1 Å². The van der Waals surface area contributed by atoms with Gasteiger partial charge in [0.05, 0.1) is 11.9 Å². The van der Waals surface area contributed by atoms with Gasteiger partial charge in [0.15, 0.2) is 6.29 Å². The number of nitrogens with zero attached hydrogens (tertiary/aromatic N) is 2. The van der Waals surface area contributed by atoms with Crippen molar-refractivity contribution in [3.63, 3.8) is 0 Å². The summed E-state index contributed by atoms with van der Waals surface area (Å²) in [7, 11) is 0. The molecule has 0 saturated carbocycles. The Morgan fingerprint density at radius 3 is 2.93 bits per heavy atom. The normalized spacial score (nSPS) is 21.2. The molecule has 0 aromatic carbocycles. The molecular weight excluding hydrogens is 183 g/mol. The first-order valence-corrected chi connectivity index (χ1v) is 4.60. The molecule has 2 rings (SSSR count). The van der Waals surface area contributed by atoms with Crippen molar-refractivity contribution in [2.24, 2.45) is 0 Å². The molecule has 0 bridgehead atoms. The Morgan fingerprint density at radius 2 is 2.43 bits per heavy atom. The van der Waals surface area contributed by atoms with E-state index in [9.17, 15) is 9.18 Å². The van der Waals surface area contributed by atoms with Crippen LogP contribution in [0.15, 0.2) is 18.3 Å². The number of pyridine rings is 1. The van der Waals surface area contributed by atoms with Gasteiger partial charge in [-0.1, -0.05) is 0 Å². The Morgan fingerprint density at radius 1 is 1.57 bits per heavy atom. The third-order valence-electron chi connectivity index (χ3n) is 2.39. The number of carbonyl (C=O) groups excluding carboxylic acids is 1. The maximum atomic E-state index is 12.9. The minimum absolute atomic E-state index is 0.407. The van der Waals surface area contributed by atoms with Crippen molar-refractivity contribution in [3.05, 3.63) is 24.0 Å². The fourth-order valence-corrected chi connectivity index (χ4v) is 1.61. The van der Waals surface area contributed by atoms with Crippen LogP contribution in [0.1, 0.15) is 16.9 Å². The van der Waals surface area contributed by atoms with E-state index in [1.54, 1.807) is 18.3 Å². The van der Waals surface area contributed by atoms with Gasteiger partial charge in [0.1, 0.15) is 11.9 Å². The van der Waals surface area contributed by atoms with Crippen LogP contribution in [0.25, 0.3) is 0 Å². The second-order valence-electron chi connectivity index (χ2n) is 3.39. The minimum Gasteiger partial charge on any atom is -0.367 e. The van der Waals surface area contributed by atoms with Crippen LogP contribution in [0.3, 0.4) is 0 Å². The number of halogens is 1. The molecule has 0 aliphatic carbocycles. The molecule has 74 valence electrons. The SMILES string of the molecule is O=Cc1ccc(N2CCC(F)C2)cn1. The number of aromatic nitrogens is 1. The van der Waals surface area contributed by atoms with Crippen LogP contribution in [0.5, 0.6) is 0 Å². The number of hydrogen-bond acceptors (Lipinski definition) is 3. The van der Waals surface area contributed by atoms with Gasteiger partial charge in [0.25, 0.3) is 0 Å². The van der Waals surface area contributed by atoms with E-state index in [0.717, 1.165) is 12.2 Å². The first-order chi connectivity index (χ1) is 6.79. The largest absolute Gasteiger partial charge is 0.367 e. The van der Waals surface area contributed by atoms with Crippen molar-refractivity contribution in [2.45, 2.75) is 12.6 Å². The lowest BCUT2D eigenvalue weighted by Crippen LogP contribution is -2.19. The highest BCUT2D eigenvalue weighted by atomic mass is 19.1. The van der Waals surface area contributed by atoms with Gasteiger partial charge < -0.3 is 4.90 Å². The van der Waals surface area contributed by atoms with E-state index in [1.165, 1.54) is 0 Å². The van der Waals surface area contributed by atoms with Gasteiger partial charge in [0.2, 0.25) is 0 Å². The summed E-state index contributed by atoms with van der Waals surface area (Å²) in [5, 5.41) is 0. The molecule has 14 heavy (non-hydrogen) atoms. The Labute approximate surface area is 81.6 Å². The zero-order valence-electron chi connectivity index (χ0n) is 7.69. The van der Waals surface area contributed by atoms with E-state index < -0.39 is 6.17 Å². The molecule has 0 amide bonds. The van der Waals surface area contributed by atoms with E-state index in [2.05, 4.69) is 4.98 Å². The molecule has 1 atom stereocenters. The highest BCUT2D eigenvalue weighted by Gasteiger charge is 2.21. The average molecular weight is 194 g/mol. The zero-order chi connectivity index (χ0) is 9.97. The van der Waals surface area contributed by atoms with Gasteiger partial charge in [-0.25, -0.2) is 4.39 Å². The summed E-state index contributed by atoms with van der Waals surface area (Å²) in [4.78, 5) is 16.2. The highest BCUT2D eigenvalue weighted by molar-refractivity contribution is 5.72. The number of alkyl halides is 1. The lowest BCUT2D eigenvalue weighted by atomic mass is 10.3. The lowest BCUT2D eigenvalue weighted by Gasteiger charge is -2.16. The van der Waals surface area contributed by atoms with Crippen LogP contribution in [0.4, 0.5) is 10.1 Å². The van der Waals surface area contributed by atoms with Crippen molar-refractivity contribution in [1.82, 2.24) is 4.98 Å². The van der Waals surface area contributed by atoms with Crippen molar-refractivity contribution in [3.8, 4) is 0 Å². The molecule has 1 aliphatic rings. The maximum Gasteiger partial charge on any atom is 0.168 e. The van der Waals surface area contributed by atoms with Crippen LogP contribution in [0, 0.1) is 0 Å². The van der Waals surface area contributed by atoms with Gasteiger partial charge >= 0.3 is 0 Å². The fourth-order valence-electron chi connectivity index (χ4n) is 1.61. The second-order valence-corrected chi connectivity index (χ2v) is 3.39. The third kappa shape index (κ3) is 1.73. The molecule has 1 aromatic rings. The number of rotatable bonds is 2. The number of aldehydes is 1. The van der Waals surface area contributed by atoms with E-state index in [4.69, 9.17) is 0 Å². The van der Waals surface area contributed by atoms with Crippen LogP contribution in [0.2, 0.25) is 0 Å². The standard InChI is InChI=1S/C10H11FN2O/c11-8-3-4-13(6-8)10-2-1-9(7-14)12-5-10/h1-2,5,7-8H,3-4,6H2. The van der Waals surface area contributed by atoms with Crippen molar-refractivity contribution >= 4 is 12.0 Å². The summed E-state index contributed by atoms with van der Waals surface area (Å²) in [5.74, 6) is 0. The molecule has 1 fully saturated rings. The third-order valence-corrected chi connectivity index (χ3v) is 2.39. The van der Waals surface area contributed by atoms with Crippen LogP contribution < -0.4 is 4.90 Å². The molecule has 1 aromatic heterocycles. The quantitative estimate of drug-likeness (QED) is 0.668. The van der Waals surface area contributed by atoms with E-state index in [1.807, 2.05) is 4.90 Å². The molecule has 4 heteroatoms. The summed E-state index contributed by atoms with van der Waals surface area (Å²) < 4.78 is 12.9. The first-order valence-electron chi connectivity index (χ1n) is 4.60. The molecule has 1 saturated heterocycles. The Hall–Kier alpha value is -1.45. The first kappa shape index (κ1) is 9.12. The van der Waals surface area contributed by atoms with Crippen LogP contribution in [-0.2, 0) is 0 Å². The monoisotopic (exact) mass is 194 g/mol. The molecular formula is C10H11FN2O. The smallest absolute Gasteiger partial charge is 0.168 e. The Kier molecular flexibility index (Phi) is 2.43. The molecule has 2 heterocycles. The molecule has 3 nitrogen and oxygen atoms in total. The fraction of sp³-hybridized carbons (Fsp3) is 0.400. The Bertz CT molecular complexity index is 325. The van der Waals surface area contributed by atoms with Gasteiger partial charge in [-0.3, -0.25) is 9.78 Å². The van der Waals surface area contributed by atoms with E-state index in [-0.39, 0.29) is 0 Å². The maximum absolute atomic E-state index is 12.9. The highest BCUT2D eigenvalue weighted by Crippen LogP contribution is 2.20. The number of anilines is 1. The van der Waals surface area contributed by atoms with Crippen molar-refractivity contribution < 1.29 is 9.18 Å². The topological polar surface area (TPSA) is 33.2 Å². The van der Waals surface area contributed by atoms with E-state index >= 15 is 0 Å². The van der Waals surface area contributed by atoms with Crippen molar-refractivity contribution in [1.29, 1.82) is 0 Å². The zero-order valence-corrected chi connectivity index (χ0v) is 7.69. The molecule has 1 aliphatic heterocycles. The molecule has 1 unspecified atom stereocenters. The number of carbonyl (C=O) groups is 1. The molecule has 0 N–H and O–H groups in total. The van der Waals surface area contributed by atoms with E-state index in [0.29, 0.717) is 24.9 Å². The predicted molar refractivity (Wildman–Crippen MR) is 51.4 cm³/mol. The molecule has 0 radical (unpaired) electrons. The van der Waals surface area contributed by atoms with Gasteiger partial charge in [-0.05, 0) is 18.6 Å². The Balaban J connectivity index is 2.13. The summed E-state index contributed by atoms with van der Waals surface area (Å²) >= 11 is 0. The van der Waals surface area contributed by atoms with Gasteiger partial charge in [-0.2, -0.15) is 0 Å². The summed E-state index contributed by atoms with van der Waals surface area (Å²) in [6.45, 7) is 1.16. The summed E-state index contributed by atoms with van der Waals surface area (Å²) in [5.41, 5.74) is 1.29. The summed E-state index contributed by atoms with van der Waals surface area (Å²) in [6, 6.07) is 3.45. The predicted octanol–water partition coefficient (Wildman–Crippen LogP) is 1.44. The summed E-state index contributed by atoms with van der Waals surface area (Å²) in [6.07, 6.45) is 2.16. The van der Waals surface area contributed by atoms with Crippen LogP contribution in [-0.4, -0.2) is 30.5 Å². The molecule has 0 spiro atoms. The van der Waals surface area contributed by atoms with Crippen molar-refractivity contribution in [2.75, 3.05) is 18.0 Å². The average Bonchev–Trinajstić information content (AvgIpc) is 2.65. The van der Waals surface area contributed by atoms with Crippen LogP contribution >= 0.6 is 0 Å². The lowest BCUT2D eigenvalue weighted by molar-refractivity contribution is 0.111. The minimum atomic E-state index is -0.735.